The minimum Gasteiger partial charge on any atom is -0.356 e. The first-order chi connectivity index (χ1) is 10.1. The highest BCUT2D eigenvalue weighted by Crippen LogP contribution is 2.27. The second-order valence-corrected chi connectivity index (χ2v) is 3.94. The van der Waals surface area contributed by atoms with Crippen molar-refractivity contribution in [2.45, 2.75) is 0 Å². The van der Waals surface area contributed by atoms with Crippen LogP contribution in [0.15, 0.2) is 53.7 Å². The molecule has 0 N–H and O–H groups in total. The Morgan fingerprint density at radius 1 is 0.952 bits per heavy atom. The monoisotopic (exact) mass is 287 g/mol. The van der Waals surface area contributed by atoms with Crippen LogP contribution >= 0.6 is 0 Å². The van der Waals surface area contributed by atoms with Gasteiger partial charge in [-0.05, 0) is 5.56 Å². The Hall–Kier alpha value is -3.29. The summed E-state index contributed by atoms with van der Waals surface area (Å²) in [5, 5.41) is 25.1. The maximum atomic E-state index is 10.7. The van der Waals surface area contributed by atoms with Gasteiger partial charge >= 0.3 is 0 Å². The highest BCUT2D eigenvalue weighted by molar-refractivity contribution is 5.78. The first-order valence-corrected chi connectivity index (χ1v) is 5.75. The van der Waals surface area contributed by atoms with E-state index < -0.39 is 21.2 Å². The Morgan fingerprint density at radius 2 is 1.52 bits per heavy atom. The van der Waals surface area contributed by atoms with Crippen LogP contribution in [-0.2, 0) is 0 Å². The predicted molar refractivity (Wildman–Crippen MR) is 74.4 cm³/mol. The number of nitro benzene ring substituents is 2. The maximum Gasteiger partial charge on any atom is 0.280 e. The average Bonchev–Trinajstić information content (AvgIpc) is 2.48. The largest absolute Gasteiger partial charge is 0.356 e. The molecule has 2 rings (SSSR count). The zero-order chi connectivity index (χ0) is 15.2. The van der Waals surface area contributed by atoms with Gasteiger partial charge in [-0.25, -0.2) is 0 Å². The molecule has 0 amide bonds. The van der Waals surface area contributed by atoms with Gasteiger partial charge in [0.05, 0.1) is 34.3 Å². The lowest BCUT2D eigenvalue weighted by molar-refractivity contribution is -0.394. The Balaban J connectivity index is 2.21. The minimum atomic E-state index is -0.735. The van der Waals surface area contributed by atoms with E-state index in [2.05, 4.69) is 5.16 Å². The smallest absolute Gasteiger partial charge is 0.280 e. The van der Waals surface area contributed by atoms with Crippen LogP contribution in [0.4, 0.5) is 11.4 Å². The molecular weight excluding hydrogens is 278 g/mol. The van der Waals surface area contributed by atoms with E-state index in [1.807, 2.05) is 6.07 Å². The van der Waals surface area contributed by atoms with Crippen molar-refractivity contribution in [3.8, 4) is 5.75 Å². The lowest BCUT2D eigenvalue weighted by Crippen LogP contribution is -1.94. The van der Waals surface area contributed by atoms with Gasteiger partial charge in [0.1, 0.15) is 0 Å². The summed E-state index contributed by atoms with van der Waals surface area (Å²) in [5.74, 6) is -0.0805. The molecule has 0 aliphatic carbocycles. The van der Waals surface area contributed by atoms with Crippen LogP contribution in [0.2, 0.25) is 0 Å². The van der Waals surface area contributed by atoms with Gasteiger partial charge < -0.3 is 4.84 Å². The third kappa shape index (κ3) is 3.83. The van der Waals surface area contributed by atoms with Crippen LogP contribution in [0.1, 0.15) is 5.56 Å². The van der Waals surface area contributed by atoms with Gasteiger partial charge in [-0.1, -0.05) is 35.5 Å². The molecule has 0 aliphatic rings. The first kappa shape index (κ1) is 14.1. The number of nitro groups is 2. The number of oxime groups is 1. The van der Waals surface area contributed by atoms with Crippen LogP contribution in [0.25, 0.3) is 0 Å². The van der Waals surface area contributed by atoms with Gasteiger partial charge in [0.25, 0.3) is 11.4 Å². The lowest BCUT2D eigenvalue weighted by atomic mass is 10.2. The standard InChI is InChI=1S/C13H9N3O5/c17-15(18)11-6-12(16(19)20)8-13(7-11)21-14-9-10-4-2-1-3-5-10/h1-9H/b14-9+. The van der Waals surface area contributed by atoms with E-state index in [0.717, 1.165) is 23.8 Å². The quantitative estimate of drug-likeness (QED) is 0.477. The number of hydrogen-bond acceptors (Lipinski definition) is 6. The fraction of sp³-hybridized carbons (Fsp3) is 0. The Labute approximate surface area is 118 Å². The number of benzene rings is 2. The van der Waals surface area contributed by atoms with E-state index in [9.17, 15) is 20.2 Å². The Kier molecular flexibility index (Phi) is 4.20. The molecule has 0 saturated heterocycles. The molecule has 0 atom stereocenters. The predicted octanol–water partition coefficient (Wildman–Crippen LogP) is 2.92. The van der Waals surface area contributed by atoms with Gasteiger partial charge in [0, 0.05) is 0 Å². The molecular formula is C13H9N3O5. The molecule has 2 aromatic rings. The summed E-state index contributed by atoms with van der Waals surface area (Å²) >= 11 is 0. The summed E-state index contributed by atoms with van der Waals surface area (Å²) in [7, 11) is 0. The molecule has 2 aromatic carbocycles. The SMILES string of the molecule is O=[N+]([O-])c1cc(O/N=C/c2ccccc2)cc([N+](=O)[O-])c1. The minimum absolute atomic E-state index is 0.0805. The van der Waals surface area contributed by atoms with E-state index in [0.29, 0.717) is 0 Å². The second-order valence-electron chi connectivity index (χ2n) is 3.94. The zero-order valence-electron chi connectivity index (χ0n) is 10.6. The van der Waals surface area contributed by atoms with Crippen molar-refractivity contribution in [3.05, 3.63) is 74.3 Å². The molecule has 106 valence electrons. The van der Waals surface area contributed by atoms with Crippen molar-refractivity contribution < 1.29 is 14.7 Å². The van der Waals surface area contributed by atoms with Gasteiger partial charge in [0.15, 0.2) is 5.75 Å². The van der Waals surface area contributed by atoms with Gasteiger partial charge in [-0.15, -0.1) is 0 Å². The summed E-state index contributed by atoms with van der Waals surface area (Å²) in [4.78, 5) is 24.9. The highest BCUT2D eigenvalue weighted by atomic mass is 16.6. The molecule has 0 saturated carbocycles. The fourth-order valence-electron chi connectivity index (χ4n) is 1.52. The second kappa shape index (κ2) is 6.24. The third-order valence-corrected chi connectivity index (χ3v) is 2.46. The van der Waals surface area contributed by atoms with Crippen molar-refractivity contribution in [2.24, 2.45) is 5.16 Å². The summed E-state index contributed by atoms with van der Waals surface area (Å²) in [6.45, 7) is 0. The van der Waals surface area contributed by atoms with Crippen LogP contribution < -0.4 is 4.84 Å². The summed E-state index contributed by atoms with van der Waals surface area (Å²) in [5.41, 5.74) is -0.111. The van der Waals surface area contributed by atoms with Crippen LogP contribution in [0, 0.1) is 20.2 Å². The topological polar surface area (TPSA) is 108 Å². The number of hydrogen-bond donors (Lipinski definition) is 0. The summed E-state index contributed by atoms with van der Waals surface area (Å²) in [6, 6.07) is 12.0. The van der Waals surface area contributed by atoms with Crippen molar-refractivity contribution in [1.29, 1.82) is 0 Å². The number of non-ortho nitro benzene ring substituents is 2. The number of nitrogens with zero attached hydrogens (tertiary/aromatic N) is 3. The van der Waals surface area contributed by atoms with E-state index in [1.54, 1.807) is 24.3 Å². The molecule has 0 unspecified atom stereocenters. The van der Waals surface area contributed by atoms with Gasteiger partial charge in [-0.2, -0.15) is 0 Å². The van der Waals surface area contributed by atoms with E-state index in [4.69, 9.17) is 4.84 Å². The first-order valence-electron chi connectivity index (χ1n) is 5.75. The van der Waals surface area contributed by atoms with Crippen LogP contribution in [0.3, 0.4) is 0 Å². The normalized spacial score (nSPS) is 10.5. The molecule has 0 bridgehead atoms. The molecule has 0 aromatic heterocycles. The van der Waals surface area contributed by atoms with E-state index >= 15 is 0 Å². The Bertz CT molecular complexity index is 668. The zero-order valence-corrected chi connectivity index (χ0v) is 10.6. The third-order valence-electron chi connectivity index (χ3n) is 2.46. The van der Waals surface area contributed by atoms with Crippen molar-refractivity contribution in [2.75, 3.05) is 0 Å². The average molecular weight is 287 g/mol. The summed E-state index contributed by atoms with van der Waals surface area (Å²) in [6.07, 6.45) is 1.39. The molecule has 0 fully saturated rings. The molecule has 8 heteroatoms. The molecule has 8 nitrogen and oxygen atoms in total. The molecule has 0 radical (unpaired) electrons. The van der Waals surface area contributed by atoms with Crippen molar-refractivity contribution in [1.82, 2.24) is 0 Å². The molecule has 21 heavy (non-hydrogen) atoms. The van der Waals surface area contributed by atoms with Gasteiger partial charge in [0.2, 0.25) is 0 Å². The Morgan fingerprint density at radius 3 is 2.05 bits per heavy atom. The maximum absolute atomic E-state index is 10.7. The highest BCUT2D eigenvalue weighted by Gasteiger charge is 2.17. The molecule has 0 spiro atoms. The lowest BCUT2D eigenvalue weighted by Gasteiger charge is -1.99. The summed E-state index contributed by atoms with van der Waals surface area (Å²) < 4.78 is 0. The molecule has 0 heterocycles. The van der Waals surface area contributed by atoms with Crippen LogP contribution in [0.5, 0.6) is 5.75 Å². The van der Waals surface area contributed by atoms with Gasteiger partial charge in [-0.3, -0.25) is 20.2 Å². The number of rotatable bonds is 5. The molecule has 0 aliphatic heterocycles. The van der Waals surface area contributed by atoms with Crippen LogP contribution in [-0.4, -0.2) is 16.1 Å². The van der Waals surface area contributed by atoms with E-state index in [-0.39, 0.29) is 5.75 Å². The van der Waals surface area contributed by atoms with Crippen molar-refractivity contribution in [3.63, 3.8) is 0 Å². The fourth-order valence-corrected chi connectivity index (χ4v) is 1.52. The van der Waals surface area contributed by atoms with E-state index in [1.165, 1.54) is 6.21 Å². The van der Waals surface area contributed by atoms with Crippen molar-refractivity contribution >= 4 is 17.6 Å².